The molecule has 0 spiro atoms. The Labute approximate surface area is 112 Å². The zero-order valence-corrected chi connectivity index (χ0v) is 10.8. The highest BCUT2D eigenvalue weighted by atomic mass is 16.6. The van der Waals surface area contributed by atoms with Gasteiger partial charge in [0, 0.05) is 13.2 Å². The number of hydrogen-bond donors (Lipinski definition) is 2. The number of aliphatic hydroxyl groups excluding tert-OH is 1. The third-order valence-electron chi connectivity index (χ3n) is 3.82. The summed E-state index contributed by atoms with van der Waals surface area (Å²) < 4.78 is 0. The van der Waals surface area contributed by atoms with Gasteiger partial charge in [0.2, 0.25) is 0 Å². The molecule has 1 aromatic rings. The summed E-state index contributed by atoms with van der Waals surface area (Å²) in [6, 6.07) is 3.35. The largest absolute Gasteiger partial charge is 0.396 e. The summed E-state index contributed by atoms with van der Waals surface area (Å²) in [5.41, 5.74) is 0.453. The molecule has 1 fully saturated rings. The molecule has 0 aliphatic heterocycles. The summed E-state index contributed by atoms with van der Waals surface area (Å²) in [6.07, 6.45) is 5.84. The first-order chi connectivity index (χ1) is 9.22. The fourth-order valence-electron chi connectivity index (χ4n) is 2.72. The van der Waals surface area contributed by atoms with Crippen LogP contribution in [0.1, 0.15) is 25.7 Å². The second-order valence-corrected chi connectivity index (χ2v) is 5.00. The Morgan fingerprint density at radius 1 is 1.42 bits per heavy atom. The molecule has 0 bridgehead atoms. The number of aliphatic hydroxyl groups is 1. The molecule has 1 aliphatic carbocycles. The topological polar surface area (TPSA) is 88.3 Å². The minimum atomic E-state index is -0.479. The van der Waals surface area contributed by atoms with E-state index >= 15 is 0 Å². The molecule has 2 N–H and O–H groups in total. The Morgan fingerprint density at radius 2 is 2.16 bits per heavy atom. The van der Waals surface area contributed by atoms with Gasteiger partial charge in [-0.3, -0.25) is 0 Å². The standard InChI is InChI=1S/C13H19N3O3/c17-9-11-5-2-1-4-10(11)8-15-12-6-3-7-14-13(12)16(18)19/h3,6-7,10-11,15,17H,1-2,4-5,8-9H2. The monoisotopic (exact) mass is 265 g/mol. The van der Waals surface area contributed by atoms with Crippen LogP contribution in [-0.2, 0) is 0 Å². The van der Waals surface area contributed by atoms with Crippen molar-refractivity contribution in [3.63, 3.8) is 0 Å². The zero-order valence-electron chi connectivity index (χ0n) is 10.8. The van der Waals surface area contributed by atoms with Gasteiger partial charge in [-0.1, -0.05) is 12.8 Å². The van der Waals surface area contributed by atoms with Crippen molar-refractivity contribution in [2.24, 2.45) is 11.8 Å². The van der Waals surface area contributed by atoms with Crippen molar-refractivity contribution >= 4 is 11.5 Å². The molecule has 2 rings (SSSR count). The average Bonchev–Trinajstić information content (AvgIpc) is 2.45. The van der Waals surface area contributed by atoms with Crippen molar-refractivity contribution in [2.75, 3.05) is 18.5 Å². The lowest BCUT2D eigenvalue weighted by Crippen LogP contribution is -2.28. The van der Waals surface area contributed by atoms with E-state index in [-0.39, 0.29) is 12.4 Å². The summed E-state index contributed by atoms with van der Waals surface area (Å²) in [5.74, 6) is 0.536. The van der Waals surface area contributed by atoms with E-state index < -0.39 is 4.92 Å². The number of hydrogen-bond acceptors (Lipinski definition) is 5. The van der Waals surface area contributed by atoms with Crippen LogP contribution in [0.4, 0.5) is 11.5 Å². The maximum atomic E-state index is 10.9. The van der Waals surface area contributed by atoms with Crippen LogP contribution in [-0.4, -0.2) is 28.2 Å². The second-order valence-electron chi connectivity index (χ2n) is 5.00. The fourth-order valence-corrected chi connectivity index (χ4v) is 2.72. The van der Waals surface area contributed by atoms with Crippen LogP contribution in [0.25, 0.3) is 0 Å². The maximum absolute atomic E-state index is 10.9. The highest BCUT2D eigenvalue weighted by Crippen LogP contribution is 2.30. The van der Waals surface area contributed by atoms with E-state index in [1.807, 2.05) is 0 Å². The van der Waals surface area contributed by atoms with E-state index in [0.717, 1.165) is 25.7 Å². The van der Waals surface area contributed by atoms with Gasteiger partial charge >= 0.3 is 5.82 Å². The van der Waals surface area contributed by atoms with Crippen LogP contribution < -0.4 is 5.32 Å². The molecule has 1 heterocycles. The maximum Gasteiger partial charge on any atom is 0.386 e. The van der Waals surface area contributed by atoms with E-state index in [1.165, 1.54) is 6.20 Å². The van der Waals surface area contributed by atoms with Gasteiger partial charge < -0.3 is 20.5 Å². The lowest BCUT2D eigenvalue weighted by atomic mass is 9.79. The number of nitrogens with zero attached hydrogens (tertiary/aromatic N) is 2. The minimum absolute atomic E-state index is 0.140. The smallest absolute Gasteiger partial charge is 0.386 e. The lowest BCUT2D eigenvalue weighted by molar-refractivity contribution is -0.388. The van der Waals surface area contributed by atoms with Crippen LogP contribution in [0.15, 0.2) is 18.3 Å². The van der Waals surface area contributed by atoms with E-state index in [1.54, 1.807) is 12.1 Å². The summed E-state index contributed by atoms with van der Waals surface area (Å²) in [6.45, 7) is 0.846. The van der Waals surface area contributed by atoms with Crippen molar-refractivity contribution in [3.8, 4) is 0 Å². The molecule has 6 nitrogen and oxygen atoms in total. The van der Waals surface area contributed by atoms with Gasteiger partial charge in [-0.25, -0.2) is 0 Å². The van der Waals surface area contributed by atoms with Gasteiger partial charge in [-0.15, -0.1) is 0 Å². The molecular formula is C13H19N3O3. The Bertz CT molecular complexity index is 439. The van der Waals surface area contributed by atoms with Gasteiger partial charge in [0.1, 0.15) is 11.9 Å². The number of anilines is 1. The molecule has 0 radical (unpaired) electrons. The molecule has 2 atom stereocenters. The molecule has 104 valence electrons. The fraction of sp³-hybridized carbons (Fsp3) is 0.615. The first kappa shape index (κ1) is 13.7. The summed E-state index contributed by atoms with van der Waals surface area (Å²) in [5, 5.41) is 23.3. The van der Waals surface area contributed by atoms with Crippen LogP contribution >= 0.6 is 0 Å². The number of rotatable bonds is 5. The molecule has 1 aromatic heterocycles. The molecule has 0 amide bonds. The summed E-state index contributed by atoms with van der Waals surface area (Å²) >= 11 is 0. The number of aromatic nitrogens is 1. The Hall–Kier alpha value is -1.69. The first-order valence-electron chi connectivity index (χ1n) is 6.66. The van der Waals surface area contributed by atoms with Gasteiger partial charge in [-0.2, -0.15) is 0 Å². The zero-order chi connectivity index (χ0) is 13.7. The van der Waals surface area contributed by atoms with Gasteiger partial charge in [-0.05, 0) is 46.7 Å². The lowest BCUT2D eigenvalue weighted by Gasteiger charge is -2.30. The highest BCUT2D eigenvalue weighted by Gasteiger charge is 2.25. The normalized spacial score (nSPS) is 23.0. The Balaban J connectivity index is 2.00. The number of pyridine rings is 1. The summed E-state index contributed by atoms with van der Waals surface area (Å²) in [7, 11) is 0. The molecule has 19 heavy (non-hydrogen) atoms. The minimum Gasteiger partial charge on any atom is -0.396 e. The Morgan fingerprint density at radius 3 is 2.84 bits per heavy atom. The SMILES string of the molecule is O=[N+]([O-])c1ncccc1NCC1CCCCC1CO. The van der Waals surface area contributed by atoms with Crippen molar-refractivity contribution in [2.45, 2.75) is 25.7 Å². The van der Waals surface area contributed by atoms with Gasteiger partial charge in [0.15, 0.2) is 0 Å². The second kappa shape index (κ2) is 6.47. The number of nitro groups is 1. The molecule has 2 unspecified atom stereocenters. The van der Waals surface area contributed by atoms with Crippen LogP contribution in [0, 0.1) is 22.0 Å². The van der Waals surface area contributed by atoms with Gasteiger partial charge in [0.25, 0.3) is 0 Å². The predicted molar refractivity (Wildman–Crippen MR) is 71.9 cm³/mol. The third kappa shape index (κ3) is 3.41. The van der Waals surface area contributed by atoms with Crippen LogP contribution in [0.2, 0.25) is 0 Å². The predicted octanol–water partition coefficient (Wildman–Crippen LogP) is 2.20. The van der Waals surface area contributed by atoms with Crippen molar-refractivity contribution in [3.05, 3.63) is 28.4 Å². The van der Waals surface area contributed by atoms with Crippen molar-refractivity contribution in [1.29, 1.82) is 0 Å². The highest BCUT2D eigenvalue weighted by molar-refractivity contribution is 5.56. The molecular weight excluding hydrogens is 246 g/mol. The molecule has 0 aromatic carbocycles. The van der Waals surface area contributed by atoms with Gasteiger partial charge in [0.05, 0.1) is 0 Å². The van der Waals surface area contributed by atoms with E-state index in [4.69, 9.17) is 0 Å². The van der Waals surface area contributed by atoms with Crippen molar-refractivity contribution in [1.82, 2.24) is 4.98 Å². The molecule has 6 heteroatoms. The van der Waals surface area contributed by atoms with E-state index in [9.17, 15) is 15.2 Å². The third-order valence-corrected chi connectivity index (χ3v) is 3.82. The van der Waals surface area contributed by atoms with E-state index in [0.29, 0.717) is 24.1 Å². The molecule has 0 saturated heterocycles. The Kier molecular flexibility index (Phi) is 4.68. The molecule has 1 saturated carbocycles. The van der Waals surface area contributed by atoms with Crippen molar-refractivity contribution < 1.29 is 10.0 Å². The van der Waals surface area contributed by atoms with E-state index in [2.05, 4.69) is 10.3 Å². The average molecular weight is 265 g/mol. The first-order valence-corrected chi connectivity index (χ1v) is 6.66. The molecule has 1 aliphatic rings. The quantitative estimate of drug-likeness (QED) is 0.629. The summed E-state index contributed by atoms with van der Waals surface area (Å²) in [4.78, 5) is 14.1. The number of nitrogens with one attached hydrogen (secondary N) is 1. The van der Waals surface area contributed by atoms with Crippen LogP contribution in [0.3, 0.4) is 0 Å². The van der Waals surface area contributed by atoms with Crippen LogP contribution in [0.5, 0.6) is 0 Å².